The van der Waals surface area contributed by atoms with E-state index in [0.717, 1.165) is 42.4 Å². The van der Waals surface area contributed by atoms with E-state index in [1.54, 1.807) is 14.2 Å². The van der Waals surface area contributed by atoms with Gasteiger partial charge in [-0.2, -0.15) is 4.98 Å². The van der Waals surface area contributed by atoms with E-state index in [9.17, 15) is 0 Å². The largest absolute Gasteiger partial charge is 0.497 e. The van der Waals surface area contributed by atoms with E-state index < -0.39 is 0 Å². The van der Waals surface area contributed by atoms with Crippen molar-refractivity contribution in [3.8, 4) is 5.75 Å². The van der Waals surface area contributed by atoms with Crippen molar-refractivity contribution >= 4 is 11.8 Å². The Morgan fingerprint density at radius 2 is 1.83 bits per heavy atom. The molecule has 124 valence electrons. The van der Waals surface area contributed by atoms with Gasteiger partial charge in [-0.15, -0.1) is 0 Å². The third kappa shape index (κ3) is 5.75. The summed E-state index contributed by atoms with van der Waals surface area (Å²) < 4.78 is 10.2. The molecule has 0 aliphatic rings. The fraction of sp³-hybridized carbons (Fsp3) is 0.412. The van der Waals surface area contributed by atoms with Gasteiger partial charge in [0.25, 0.3) is 0 Å². The lowest BCUT2D eigenvalue weighted by Gasteiger charge is -2.10. The minimum Gasteiger partial charge on any atom is -0.497 e. The van der Waals surface area contributed by atoms with E-state index in [1.165, 1.54) is 0 Å². The van der Waals surface area contributed by atoms with Gasteiger partial charge in [0.15, 0.2) is 0 Å². The predicted molar refractivity (Wildman–Crippen MR) is 92.1 cm³/mol. The molecular formula is C17H24N4O2. The highest BCUT2D eigenvalue weighted by molar-refractivity contribution is 5.42. The third-order valence-corrected chi connectivity index (χ3v) is 3.30. The fourth-order valence-corrected chi connectivity index (χ4v) is 2.10. The molecule has 1 aromatic heterocycles. The van der Waals surface area contributed by atoms with Crippen molar-refractivity contribution in [2.75, 3.05) is 38.0 Å². The molecule has 0 radical (unpaired) electrons. The van der Waals surface area contributed by atoms with E-state index in [-0.39, 0.29) is 0 Å². The standard InChI is InChI=1S/C17H24N4O2/c1-13-11-16(18-9-4-10-22-2)21-17(20-13)19-12-14-5-7-15(23-3)8-6-14/h5-8,11H,4,9-10,12H2,1-3H3,(H2,18,19,20,21). The molecule has 2 rings (SSSR count). The first-order valence-corrected chi connectivity index (χ1v) is 7.66. The molecule has 0 atom stereocenters. The van der Waals surface area contributed by atoms with Gasteiger partial charge in [0.1, 0.15) is 11.6 Å². The number of benzene rings is 1. The van der Waals surface area contributed by atoms with Crippen LogP contribution in [-0.4, -0.2) is 37.3 Å². The van der Waals surface area contributed by atoms with Gasteiger partial charge in [0.05, 0.1) is 7.11 Å². The molecule has 0 fully saturated rings. The number of hydrogen-bond acceptors (Lipinski definition) is 6. The summed E-state index contributed by atoms with van der Waals surface area (Å²) in [4.78, 5) is 8.90. The monoisotopic (exact) mass is 316 g/mol. The summed E-state index contributed by atoms with van der Waals surface area (Å²) in [6.45, 7) is 4.18. The van der Waals surface area contributed by atoms with Gasteiger partial charge in [-0.05, 0) is 31.0 Å². The second kappa shape index (κ2) is 8.95. The molecule has 1 heterocycles. The number of aromatic nitrogens is 2. The highest BCUT2D eigenvalue weighted by Gasteiger charge is 2.02. The smallest absolute Gasteiger partial charge is 0.225 e. The minimum atomic E-state index is 0.620. The first kappa shape index (κ1) is 17.0. The van der Waals surface area contributed by atoms with Crippen LogP contribution in [0.25, 0.3) is 0 Å². The van der Waals surface area contributed by atoms with E-state index in [0.29, 0.717) is 12.5 Å². The molecule has 0 saturated heterocycles. The van der Waals surface area contributed by atoms with Gasteiger partial charge in [-0.1, -0.05) is 12.1 Å². The summed E-state index contributed by atoms with van der Waals surface area (Å²) in [6, 6.07) is 9.86. The number of nitrogens with zero attached hydrogens (tertiary/aromatic N) is 2. The fourth-order valence-electron chi connectivity index (χ4n) is 2.10. The Kier molecular flexibility index (Phi) is 6.62. The topological polar surface area (TPSA) is 68.3 Å². The average molecular weight is 316 g/mol. The van der Waals surface area contributed by atoms with Gasteiger partial charge in [0.2, 0.25) is 5.95 Å². The van der Waals surface area contributed by atoms with Crippen molar-refractivity contribution in [3.05, 3.63) is 41.6 Å². The lowest BCUT2D eigenvalue weighted by molar-refractivity contribution is 0.198. The second-order valence-electron chi connectivity index (χ2n) is 5.19. The molecule has 0 aliphatic heterocycles. The van der Waals surface area contributed by atoms with E-state index >= 15 is 0 Å². The maximum absolute atomic E-state index is 5.16. The molecule has 2 aromatic rings. The Bertz CT molecular complexity index is 602. The van der Waals surface area contributed by atoms with Gasteiger partial charge in [-0.3, -0.25) is 0 Å². The van der Waals surface area contributed by atoms with Crippen LogP contribution in [0.1, 0.15) is 17.7 Å². The van der Waals surface area contributed by atoms with Crippen molar-refractivity contribution in [2.45, 2.75) is 19.9 Å². The number of anilines is 2. The first-order chi connectivity index (χ1) is 11.2. The van der Waals surface area contributed by atoms with Crippen LogP contribution in [0.15, 0.2) is 30.3 Å². The molecule has 6 nitrogen and oxygen atoms in total. The highest BCUT2D eigenvalue weighted by atomic mass is 16.5. The summed E-state index contributed by atoms with van der Waals surface area (Å²) in [7, 11) is 3.37. The van der Waals surface area contributed by atoms with Crippen LogP contribution < -0.4 is 15.4 Å². The van der Waals surface area contributed by atoms with E-state index in [2.05, 4.69) is 20.6 Å². The van der Waals surface area contributed by atoms with Crippen LogP contribution in [0.5, 0.6) is 5.75 Å². The van der Waals surface area contributed by atoms with Gasteiger partial charge >= 0.3 is 0 Å². The molecule has 0 aliphatic carbocycles. The van der Waals surface area contributed by atoms with Gasteiger partial charge in [-0.25, -0.2) is 4.98 Å². The number of aryl methyl sites for hydroxylation is 1. The van der Waals surface area contributed by atoms with Crippen LogP contribution in [0, 0.1) is 6.92 Å². The van der Waals surface area contributed by atoms with Crippen molar-refractivity contribution in [3.63, 3.8) is 0 Å². The summed E-state index contributed by atoms with van der Waals surface area (Å²) in [5.74, 6) is 2.30. The molecule has 0 bridgehead atoms. The van der Waals surface area contributed by atoms with E-state index in [1.807, 2.05) is 37.3 Å². The molecule has 0 amide bonds. The Labute approximate surface area is 137 Å². The zero-order chi connectivity index (χ0) is 16.5. The van der Waals surface area contributed by atoms with Crippen molar-refractivity contribution in [1.29, 1.82) is 0 Å². The Balaban J connectivity index is 1.92. The van der Waals surface area contributed by atoms with Crippen LogP contribution in [0.4, 0.5) is 11.8 Å². The first-order valence-electron chi connectivity index (χ1n) is 7.66. The maximum atomic E-state index is 5.16. The van der Waals surface area contributed by atoms with Crippen LogP contribution in [0.2, 0.25) is 0 Å². The summed E-state index contributed by atoms with van der Waals surface area (Å²) in [5, 5.41) is 6.54. The zero-order valence-electron chi connectivity index (χ0n) is 13.9. The van der Waals surface area contributed by atoms with E-state index in [4.69, 9.17) is 9.47 Å². The van der Waals surface area contributed by atoms with Crippen molar-refractivity contribution in [2.24, 2.45) is 0 Å². The van der Waals surface area contributed by atoms with Crippen LogP contribution >= 0.6 is 0 Å². The lowest BCUT2D eigenvalue weighted by Crippen LogP contribution is -2.10. The SMILES string of the molecule is COCCCNc1cc(C)nc(NCc2ccc(OC)cc2)n1. The number of rotatable bonds is 9. The molecule has 6 heteroatoms. The van der Waals surface area contributed by atoms with Gasteiger partial charge < -0.3 is 20.1 Å². The molecule has 0 unspecified atom stereocenters. The Hall–Kier alpha value is -2.34. The zero-order valence-corrected chi connectivity index (χ0v) is 13.9. The van der Waals surface area contributed by atoms with Crippen LogP contribution in [-0.2, 0) is 11.3 Å². The third-order valence-electron chi connectivity index (χ3n) is 3.30. The maximum Gasteiger partial charge on any atom is 0.225 e. The summed E-state index contributed by atoms with van der Waals surface area (Å²) in [5.41, 5.74) is 2.07. The lowest BCUT2D eigenvalue weighted by atomic mass is 10.2. The summed E-state index contributed by atoms with van der Waals surface area (Å²) in [6.07, 6.45) is 0.939. The number of methoxy groups -OCH3 is 2. The molecule has 0 saturated carbocycles. The second-order valence-corrected chi connectivity index (χ2v) is 5.19. The minimum absolute atomic E-state index is 0.620. The highest BCUT2D eigenvalue weighted by Crippen LogP contribution is 2.14. The molecule has 2 N–H and O–H groups in total. The number of hydrogen-bond donors (Lipinski definition) is 2. The molecule has 0 spiro atoms. The molecule has 1 aromatic carbocycles. The predicted octanol–water partition coefficient (Wildman–Crippen LogP) is 2.85. The normalized spacial score (nSPS) is 10.4. The van der Waals surface area contributed by atoms with Crippen molar-refractivity contribution < 1.29 is 9.47 Å². The molecular weight excluding hydrogens is 292 g/mol. The molecule has 23 heavy (non-hydrogen) atoms. The number of ether oxygens (including phenoxy) is 2. The average Bonchev–Trinajstić information content (AvgIpc) is 2.57. The Morgan fingerprint density at radius 1 is 1.04 bits per heavy atom. The summed E-state index contributed by atoms with van der Waals surface area (Å²) >= 11 is 0. The quantitative estimate of drug-likeness (QED) is 0.693. The number of nitrogens with one attached hydrogen (secondary N) is 2. The Morgan fingerprint density at radius 3 is 2.52 bits per heavy atom. The van der Waals surface area contributed by atoms with Crippen molar-refractivity contribution in [1.82, 2.24) is 9.97 Å². The van der Waals surface area contributed by atoms with Gasteiger partial charge in [0, 0.05) is 38.6 Å². The van der Waals surface area contributed by atoms with Crippen LogP contribution in [0.3, 0.4) is 0 Å².